The predicted molar refractivity (Wildman–Crippen MR) is 102 cm³/mol. The van der Waals surface area contributed by atoms with Crippen molar-refractivity contribution in [1.82, 2.24) is 14.5 Å². The molecule has 7 heteroatoms. The van der Waals surface area contributed by atoms with Crippen LogP contribution in [0.4, 0.5) is 0 Å². The van der Waals surface area contributed by atoms with Gasteiger partial charge in [0.25, 0.3) is 5.91 Å². The molecule has 0 aromatic heterocycles. The Morgan fingerprint density at radius 1 is 1.15 bits per heavy atom. The van der Waals surface area contributed by atoms with Crippen molar-refractivity contribution in [1.29, 1.82) is 0 Å². The van der Waals surface area contributed by atoms with E-state index in [1.807, 2.05) is 0 Å². The number of likely N-dealkylation sites (tertiary alicyclic amines) is 1. The molecule has 0 atom stereocenters. The van der Waals surface area contributed by atoms with E-state index in [2.05, 4.69) is 17.3 Å². The molecule has 2 aliphatic rings. The highest BCUT2D eigenvalue weighted by atomic mass is 32.2. The van der Waals surface area contributed by atoms with Crippen LogP contribution in [0.3, 0.4) is 0 Å². The molecule has 1 aromatic carbocycles. The van der Waals surface area contributed by atoms with Crippen LogP contribution in [-0.2, 0) is 10.0 Å². The van der Waals surface area contributed by atoms with Crippen LogP contribution in [-0.4, -0.2) is 63.3 Å². The van der Waals surface area contributed by atoms with Gasteiger partial charge in [-0.1, -0.05) is 6.07 Å². The van der Waals surface area contributed by atoms with Gasteiger partial charge in [0, 0.05) is 25.2 Å². The lowest BCUT2D eigenvalue weighted by Gasteiger charge is -2.28. The third-order valence-corrected chi connectivity index (χ3v) is 7.37. The molecule has 1 aromatic rings. The third kappa shape index (κ3) is 4.64. The molecule has 1 amide bonds. The van der Waals surface area contributed by atoms with Crippen molar-refractivity contribution in [2.75, 3.05) is 39.8 Å². The van der Waals surface area contributed by atoms with Crippen LogP contribution < -0.4 is 5.32 Å². The van der Waals surface area contributed by atoms with Crippen LogP contribution in [0, 0.1) is 5.92 Å². The number of carbonyl (C=O) groups is 1. The highest BCUT2D eigenvalue weighted by Crippen LogP contribution is 2.22. The van der Waals surface area contributed by atoms with Gasteiger partial charge < -0.3 is 10.2 Å². The normalized spacial score (nSPS) is 20.3. The van der Waals surface area contributed by atoms with Crippen molar-refractivity contribution in [3.63, 3.8) is 0 Å². The maximum absolute atomic E-state index is 12.6. The second-order valence-corrected chi connectivity index (χ2v) is 9.37. The van der Waals surface area contributed by atoms with E-state index in [0.29, 0.717) is 31.1 Å². The van der Waals surface area contributed by atoms with Gasteiger partial charge in [-0.15, -0.1) is 0 Å². The molecule has 3 rings (SSSR count). The molecule has 1 N–H and O–H groups in total. The van der Waals surface area contributed by atoms with E-state index < -0.39 is 10.0 Å². The van der Waals surface area contributed by atoms with E-state index in [1.54, 1.807) is 18.2 Å². The van der Waals surface area contributed by atoms with Crippen molar-refractivity contribution in [2.45, 2.75) is 37.0 Å². The summed E-state index contributed by atoms with van der Waals surface area (Å²) >= 11 is 0. The molecule has 0 unspecified atom stereocenters. The van der Waals surface area contributed by atoms with Crippen LogP contribution in [0.2, 0.25) is 0 Å². The summed E-state index contributed by atoms with van der Waals surface area (Å²) in [5, 5.41) is 2.94. The highest BCUT2D eigenvalue weighted by molar-refractivity contribution is 7.89. The zero-order valence-corrected chi connectivity index (χ0v) is 16.3. The monoisotopic (exact) mass is 379 g/mol. The number of benzene rings is 1. The van der Waals surface area contributed by atoms with E-state index in [0.717, 1.165) is 32.4 Å². The Labute approximate surface area is 156 Å². The van der Waals surface area contributed by atoms with Crippen molar-refractivity contribution >= 4 is 15.9 Å². The van der Waals surface area contributed by atoms with Gasteiger partial charge in [0.05, 0.1) is 4.90 Å². The Morgan fingerprint density at radius 2 is 1.85 bits per heavy atom. The molecule has 0 saturated carbocycles. The largest absolute Gasteiger partial charge is 0.352 e. The molecule has 144 valence electrons. The van der Waals surface area contributed by atoms with Crippen LogP contribution in [0.25, 0.3) is 0 Å². The lowest BCUT2D eigenvalue weighted by molar-refractivity contribution is 0.0948. The number of carbonyl (C=O) groups excluding carboxylic acids is 1. The van der Waals surface area contributed by atoms with Gasteiger partial charge >= 0.3 is 0 Å². The fraction of sp³-hybridized carbons (Fsp3) is 0.632. The fourth-order valence-corrected chi connectivity index (χ4v) is 5.28. The first-order valence-electron chi connectivity index (χ1n) is 9.54. The number of piperidine rings is 1. The van der Waals surface area contributed by atoms with Gasteiger partial charge in [0.15, 0.2) is 0 Å². The Bertz CT molecular complexity index is 721. The molecular formula is C19H29N3O3S. The Balaban J connectivity index is 1.56. The minimum absolute atomic E-state index is 0.198. The molecule has 0 aliphatic carbocycles. The number of nitrogens with one attached hydrogen (secondary N) is 1. The average molecular weight is 380 g/mol. The minimum atomic E-state index is -3.49. The van der Waals surface area contributed by atoms with Gasteiger partial charge in [0.1, 0.15) is 0 Å². The summed E-state index contributed by atoms with van der Waals surface area (Å²) in [6, 6.07) is 6.39. The van der Waals surface area contributed by atoms with Crippen molar-refractivity contribution in [3.8, 4) is 0 Å². The molecule has 2 aliphatic heterocycles. The maximum atomic E-state index is 12.6. The molecule has 0 spiro atoms. The Hall–Kier alpha value is -1.44. The fourth-order valence-electron chi connectivity index (χ4n) is 3.72. The summed E-state index contributed by atoms with van der Waals surface area (Å²) in [7, 11) is -1.35. The average Bonchev–Trinajstić information content (AvgIpc) is 3.19. The van der Waals surface area contributed by atoms with Crippen LogP contribution in [0.15, 0.2) is 29.2 Å². The summed E-state index contributed by atoms with van der Waals surface area (Å²) in [5.74, 6) is 0.463. The number of rotatable bonds is 6. The number of nitrogens with zero attached hydrogens (tertiary/aromatic N) is 2. The summed E-state index contributed by atoms with van der Waals surface area (Å²) in [6.45, 7) is 4.00. The summed E-state index contributed by atoms with van der Waals surface area (Å²) in [4.78, 5) is 15.0. The van der Waals surface area contributed by atoms with Crippen LogP contribution >= 0.6 is 0 Å². The van der Waals surface area contributed by atoms with E-state index in [4.69, 9.17) is 0 Å². The molecule has 0 bridgehead atoms. The van der Waals surface area contributed by atoms with Crippen LogP contribution in [0.1, 0.15) is 42.5 Å². The smallest absolute Gasteiger partial charge is 0.251 e. The first-order chi connectivity index (χ1) is 12.5. The molecule has 0 radical (unpaired) electrons. The van der Waals surface area contributed by atoms with Crippen molar-refractivity contribution in [2.24, 2.45) is 5.92 Å². The van der Waals surface area contributed by atoms with Crippen molar-refractivity contribution < 1.29 is 13.2 Å². The second kappa shape index (κ2) is 8.50. The maximum Gasteiger partial charge on any atom is 0.251 e. The predicted octanol–water partition coefficient (Wildman–Crippen LogP) is 1.93. The quantitative estimate of drug-likeness (QED) is 0.820. The highest BCUT2D eigenvalue weighted by Gasteiger charge is 2.27. The number of hydrogen-bond donors (Lipinski definition) is 1. The molecule has 6 nitrogen and oxygen atoms in total. The standard InChI is InChI=1S/C19H29N3O3S/c1-21-13-8-16(9-14-21)7-10-20-19(23)17-5-4-6-18(15-17)26(24,25)22-11-2-3-12-22/h4-6,15-16H,2-3,7-14H2,1H3,(H,20,23). The lowest BCUT2D eigenvalue weighted by atomic mass is 9.94. The number of amides is 1. The molecule has 2 fully saturated rings. The SMILES string of the molecule is CN1CCC(CCNC(=O)c2cccc(S(=O)(=O)N3CCCC3)c2)CC1. The zero-order chi connectivity index (χ0) is 18.6. The number of sulfonamides is 1. The number of hydrogen-bond acceptors (Lipinski definition) is 4. The van der Waals surface area contributed by atoms with Crippen molar-refractivity contribution in [3.05, 3.63) is 29.8 Å². The lowest BCUT2D eigenvalue weighted by Crippen LogP contribution is -2.32. The van der Waals surface area contributed by atoms with Crippen LogP contribution in [0.5, 0.6) is 0 Å². The van der Waals surface area contributed by atoms with E-state index in [9.17, 15) is 13.2 Å². The first kappa shape index (κ1) is 19.3. The van der Waals surface area contributed by atoms with Gasteiger partial charge in [-0.25, -0.2) is 8.42 Å². The molecule has 2 saturated heterocycles. The van der Waals surface area contributed by atoms with E-state index in [1.165, 1.54) is 23.2 Å². The van der Waals surface area contributed by atoms with E-state index >= 15 is 0 Å². The molecule has 26 heavy (non-hydrogen) atoms. The van der Waals surface area contributed by atoms with E-state index in [-0.39, 0.29) is 10.8 Å². The van der Waals surface area contributed by atoms with Gasteiger partial charge in [-0.3, -0.25) is 4.79 Å². The topological polar surface area (TPSA) is 69.7 Å². The minimum Gasteiger partial charge on any atom is -0.352 e. The summed E-state index contributed by atoms with van der Waals surface area (Å²) < 4.78 is 26.8. The second-order valence-electron chi connectivity index (χ2n) is 7.43. The molecule has 2 heterocycles. The Morgan fingerprint density at radius 3 is 2.54 bits per heavy atom. The molecular weight excluding hydrogens is 350 g/mol. The first-order valence-corrected chi connectivity index (χ1v) is 11.0. The Kier molecular flexibility index (Phi) is 6.32. The summed E-state index contributed by atoms with van der Waals surface area (Å²) in [5.41, 5.74) is 0.411. The van der Waals surface area contributed by atoms with Gasteiger partial charge in [-0.05, 0) is 76.4 Å². The summed E-state index contributed by atoms with van der Waals surface area (Å²) in [6.07, 6.45) is 5.13. The third-order valence-electron chi connectivity index (χ3n) is 5.48. The van der Waals surface area contributed by atoms with Gasteiger partial charge in [0.2, 0.25) is 10.0 Å². The van der Waals surface area contributed by atoms with Gasteiger partial charge in [-0.2, -0.15) is 4.31 Å². The zero-order valence-electron chi connectivity index (χ0n) is 15.5.